The van der Waals surface area contributed by atoms with Gasteiger partial charge in [-0.2, -0.15) is 0 Å². The van der Waals surface area contributed by atoms with Crippen LogP contribution in [0.2, 0.25) is 5.02 Å². The first-order valence-corrected chi connectivity index (χ1v) is 6.42. The molecule has 0 saturated carbocycles. The van der Waals surface area contributed by atoms with E-state index < -0.39 is 17.7 Å². The van der Waals surface area contributed by atoms with Gasteiger partial charge in [0.2, 0.25) is 5.91 Å². The summed E-state index contributed by atoms with van der Waals surface area (Å²) in [4.78, 5) is 22.0. The van der Waals surface area contributed by atoms with Gasteiger partial charge in [-0.25, -0.2) is 4.39 Å². The Morgan fingerprint density at radius 2 is 2.20 bits per heavy atom. The lowest BCUT2D eigenvalue weighted by molar-refractivity contribution is -0.137. The van der Waals surface area contributed by atoms with Crippen molar-refractivity contribution in [1.29, 1.82) is 0 Å². The van der Waals surface area contributed by atoms with Gasteiger partial charge in [0.1, 0.15) is 5.82 Å². The van der Waals surface area contributed by atoms with Gasteiger partial charge in [0.15, 0.2) is 0 Å². The van der Waals surface area contributed by atoms with Crippen LogP contribution in [-0.2, 0) is 9.59 Å². The molecule has 0 radical (unpaired) electrons. The molecule has 0 bridgehead atoms. The molecule has 0 aliphatic heterocycles. The summed E-state index contributed by atoms with van der Waals surface area (Å²) in [7, 11) is 0. The first kappa shape index (κ1) is 16.2. The number of carboxylic acids is 1. The van der Waals surface area contributed by atoms with Crippen molar-refractivity contribution in [3.8, 4) is 0 Å². The molecule has 1 amide bonds. The molecule has 0 spiro atoms. The number of carboxylic acid groups (broad SMARTS) is 1. The van der Waals surface area contributed by atoms with Crippen molar-refractivity contribution in [3.05, 3.63) is 40.7 Å². The smallest absolute Gasteiger partial charge is 0.303 e. The first-order chi connectivity index (χ1) is 9.40. The SMILES string of the molecule is CC(CCC(=O)O)NC(=O)C=Cc1c(F)cccc1Cl. The summed E-state index contributed by atoms with van der Waals surface area (Å²) >= 11 is 5.82. The highest BCUT2D eigenvalue weighted by Crippen LogP contribution is 2.20. The Hall–Kier alpha value is -1.88. The van der Waals surface area contributed by atoms with E-state index in [1.54, 1.807) is 6.92 Å². The molecule has 6 heteroatoms. The van der Waals surface area contributed by atoms with E-state index in [9.17, 15) is 14.0 Å². The van der Waals surface area contributed by atoms with Crippen LogP contribution in [0.1, 0.15) is 25.3 Å². The Kier molecular flexibility index (Phi) is 6.18. The minimum Gasteiger partial charge on any atom is -0.481 e. The van der Waals surface area contributed by atoms with Crippen molar-refractivity contribution in [3.63, 3.8) is 0 Å². The van der Waals surface area contributed by atoms with Gasteiger partial charge in [0, 0.05) is 24.1 Å². The quantitative estimate of drug-likeness (QED) is 0.794. The second kappa shape index (κ2) is 7.65. The maximum atomic E-state index is 13.4. The third-order valence-corrected chi connectivity index (χ3v) is 2.91. The van der Waals surface area contributed by atoms with Gasteiger partial charge in [-0.05, 0) is 31.6 Å². The predicted molar refractivity (Wildman–Crippen MR) is 74.9 cm³/mol. The Labute approximate surface area is 121 Å². The lowest BCUT2D eigenvalue weighted by Gasteiger charge is -2.10. The van der Waals surface area contributed by atoms with Crippen LogP contribution in [0.3, 0.4) is 0 Å². The third-order valence-electron chi connectivity index (χ3n) is 2.58. The topological polar surface area (TPSA) is 66.4 Å². The van der Waals surface area contributed by atoms with Gasteiger partial charge in [0.05, 0.1) is 5.02 Å². The fraction of sp³-hybridized carbons (Fsp3) is 0.286. The van der Waals surface area contributed by atoms with Crippen molar-refractivity contribution in [2.75, 3.05) is 0 Å². The normalized spacial score (nSPS) is 12.3. The van der Waals surface area contributed by atoms with Gasteiger partial charge in [0.25, 0.3) is 0 Å². The van der Waals surface area contributed by atoms with E-state index >= 15 is 0 Å². The molecular weight excluding hydrogens is 285 g/mol. The molecule has 1 unspecified atom stereocenters. The van der Waals surface area contributed by atoms with Crippen LogP contribution in [0.25, 0.3) is 6.08 Å². The van der Waals surface area contributed by atoms with Gasteiger partial charge in [-0.3, -0.25) is 9.59 Å². The van der Waals surface area contributed by atoms with Crippen LogP contribution in [0.15, 0.2) is 24.3 Å². The van der Waals surface area contributed by atoms with Crippen molar-refractivity contribution in [1.82, 2.24) is 5.32 Å². The molecule has 1 rings (SSSR count). The number of carbonyl (C=O) groups excluding carboxylic acids is 1. The number of halogens is 2. The first-order valence-electron chi connectivity index (χ1n) is 6.04. The second-order valence-electron chi connectivity index (χ2n) is 4.31. The monoisotopic (exact) mass is 299 g/mol. The van der Waals surface area contributed by atoms with E-state index in [2.05, 4.69) is 5.32 Å². The fourth-order valence-electron chi connectivity index (χ4n) is 1.53. The minimum absolute atomic E-state index is 0.0235. The van der Waals surface area contributed by atoms with Gasteiger partial charge in [-0.15, -0.1) is 0 Å². The molecule has 0 aromatic heterocycles. The summed E-state index contributed by atoms with van der Waals surface area (Å²) in [5.74, 6) is -1.86. The Balaban J connectivity index is 2.57. The van der Waals surface area contributed by atoms with E-state index in [1.165, 1.54) is 30.4 Å². The third kappa shape index (κ3) is 5.40. The van der Waals surface area contributed by atoms with E-state index in [0.29, 0.717) is 6.42 Å². The van der Waals surface area contributed by atoms with Crippen LogP contribution in [0.5, 0.6) is 0 Å². The lowest BCUT2D eigenvalue weighted by Crippen LogP contribution is -2.31. The molecule has 0 aliphatic rings. The second-order valence-corrected chi connectivity index (χ2v) is 4.72. The van der Waals surface area contributed by atoms with Crippen LogP contribution in [-0.4, -0.2) is 23.0 Å². The number of aliphatic carboxylic acids is 1. The summed E-state index contributed by atoms with van der Waals surface area (Å²) in [5, 5.41) is 11.3. The van der Waals surface area contributed by atoms with Crippen molar-refractivity contribution in [2.24, 2.45) is 0 Å². The van der Waals surface area contributed by atoms with Crippen LogP contribution < -0.4 is 5.32 Å². The van der Waals surface area contributed by atoms with Gasteiger partial charge in [-0.1, -0.05) is 17.7 Å². The van der Waals surface area contributed by atoms with E-state index in [-0.39, 0.29) is 23.0 Å². The van der Waals surface area contributed by atoms with Crippen LogP contribution >= 0.6 is 11.6 Å². The number of hydrogen-bond donors (Lipinski definition) is 2. The average Bonchev–Trinajstić information content (AvgIpc) is 2.35. The van der Waals surface area contributed by atoms with Gasteiger partial charge >= 0.3 is 5.97 Å². The Bertz CT molecular complexity index is 511. The maximum absolute atomic E-state index is 13.4. The molecule has 0 heterocycles. The van der Waals surface area contributed by atoms with Crippen LogP contribution in [0.4, 0.5) is 4.39 Å². The highest BCUT2D eigenvalue weighted by Gasteiger charge is 2.08. The van der Waals surface area contributed by atoms with Crippen molar-refractivity contribution in [2.45, 2.75) is 25.8 Å². The predicted octanol–water partition coefficient (Wildman–Crippen LogP) is 2.86. The number of benzene rings is 1. The molecule has 108 valence electrons. The molecule has 1 atom stereocenters. The van der Waals surface area contributed by atoms with Crippen molar-refractivity contribution < 1.29 is 19.1 Å². The zero-order valence-corrected chi connectivity index (χ0v) is 11.7. The average molecular weight is 300 g/mol. The zero-order chi connectivity index (χ0) is 15.1. The molecule has 2 N–H and O–H groups in total. The molecular formula is C14H15ClFNO3. The number of hydrogen-bond acceptors (Lipinski definition) is 2. The van der Waals surface area contributed by atoms with Crippen LogP contribution in [0, 0.1) is 5.82 Å². The summed E-state index contributed by atoms with van der Waals surface area (Å²) < 4.78 is 13.4. The number of carbonyl (C=O) groups is 2. The Morgan fingerprint density at radius 3 is 2.80 bits per heavy atom. The fourth-order valence-corrected chi connectivity index (χ4v) is 1.76. The molecule has 0 fully saturated rings. The number of rotatable bonds is 6. The summed E-state index contributed by atoms with van der Waals surface area (Å²) in [6, 6.07) is 3.97. The summed E-state index contributed by atoms with van der Waals surface area (Å²) in [6.45, 7) is 1.70. The summed E-state index contributed by atoms with van der Waals surface area (Å²) in [5.41, 5.74) is 0.141. The largest absolute Gasteiger partial charge is 0.481 e. The standard InChI is InChI=1S/C14H15ClFNO3/c1-9(5-8-14(19)20)17-13(18)7-6-10-11(15)3-2-4-12(10)16/h2-4,6-7,9H,5,8H2,1H3,(H,17,18)(H,19,20). The number of nitrogens with one attached hydrogen (secondary N) is 1. The molecule has 0 aliphatic carbocycles. The summed E-state index contributed by atoms with van der Waals surface area (Å²) in [6.07, 6.45) is 2.76. The van der Waals surface area contributed by atoms with Crippen molar-refractivity contribution >= 4 is 29.6 Å². The highest BCUT2D eigenvalue weighted by molar-refractivity contribution is 6.32. The maximum Gasteiger partial charge on any atom is 0.303 e. The molecule has 0 saturated heterocycles. The molecule has 4 nitrogen and oxygen atoms in total. The molecule has 20 heavy (non-hydrogen) atoms. The highest BCUT2D eigenvalue weighted by atomic mass is 35.5. The zero-order valence-electron chi connectivity index (χ0n) is 10.9. The molecule has 1 aromatic rings. The van der Waals surface area contributed by atoms with Gasteiger partial charge < -0.3 is 10.4 Å². The van der Waals surface area contributed by atoms with E-state index in [1.807, 2.05) is 0 Å². The van der Waals surface area contributed by atoms with E-state index in [4.69, 9.17) is 16.7 Å². The Morgan fingerprint density at radius 1 is 1.50 bits per heavy atom. The minimum atomic E-state index is -0.917. The van der Waals surface area contributed by atoms with E-state index in [0.717, 1.165) is 0 Å². The molecule has 1 aromatic carbocycles. The lowest BCUT2D eigenvalue weighted by atomic mass is 10.1. The number of amides is 1.